The average molecular weight is 675 g/mol. The molecule has 2 aromatic carbocycles. The van der Waals surface area contributed by atoms with Crippen LogP contribution in [-0.4, -0.2) is 82.8 Å². The highest BCUT2D eigenvalue weighted by atomic mass is 32.2. The molecular formula is C33H34N6O8S. The number of benzene rings is 2. The minimum absolute atomic E-state index is 0.0190. The fourth-order valence-electron chi connectivity index (χ4n) is 6.35. The molecule has 1 aromatic heterocycles. The molecule has 3 fully saturated rings. The van der Waals surface area contributed by atoms with Crippen molar-refractivity contribution < 1.29 is 34.2 Å². The Morgan fingerprint density at radius 3 is 2.35 bits per heavy atom. The second-order valence-electron chi connectivity index (χ2n) is 12.5. The van der Waals surface area contributed by atoms with E-state index in [0.717, 1.165) is 0 Å². The number of β-lactam (4-membered cyclic amide) rings is 1. The van der Waals surface area contributed by atoms with Gasteiger partial charge in [0, 0.05) is 28.1 Å². The van der Waals surface area contributed by atoms with Crippen LogP contribution in [0.5, 0.6) is 5.75 Å². The van der Waals surface area contributed by atoms with Crippen LogP contribution < -0.4 is 21.9 Å². The number of phenolic OH excluding ortho intramolecular Hbond substituents is 1. The molecule has 0 saturated carbocycles. The van der Waals surface area contributed by atoms with Gasteiger partial charge in [-0.2, -0.15) is 0 Å². The molecular weight excluding hydrogens is 640 g/mol. The van der Waals surface area contributed by atoms with E-state index in [9.17, 15) is 39.0 Å². The second-order valence-corrected chi connectivity index (χ2v) is 14.3. The Labute approximate surface area is 278 Å². The highest BCUT2D eigenvalue weighted by Crippen LogP contribution is 2.52. The van der Waals surface area contributed by atoms with E-state index in [1.165, 1.54) is 45.8 Å². The number of H-pyrrole nitrogens is 1. The maximum absolute atomic E-state index is 14.0. The minimum Gasteiger partial charge on any atom is -0.508 e. The first-order valence-corrected chi connectivity index (χ1v) is 16.1. The average Bonchev–Trinajstić information content (AvgIpc) is 3.59. The lowest BCUT2D eigenvalue weighted by atomic mass is 9.94. The molecule has 5 atom stereocenters. The van der Waals surface area contributed by atoms with Gasteiger partial charge in [-0.15, -0.1) is 11.8 Å². The lowest BCUT2D eigenvalue weighted by Gasteiger charge is -2.48. The molecule has 0 spiro atoms. The zero-order valence-electron chi connectivity index (χ0n) is 26.0. The fraction of sp³-hybridized carbons (Fsp3) is 0.333. The van der Waals surface area contributed by atoms with Gasteiger partial charge < -0.3 is 41.4 Å². The van der Waals surface area contributed by atoms with E-state index in [4.69, 9.17) is 5.73 Å². The van der Waals surface area contributed by atoms with E-state index >= 15 is 0 Å². The number of amides is 4. The molecule has 15 heteroatoms. The Balaban J connectivity index is 1.24. The summed E-state index contributed by atoms with van der Waals surface area (Å²) in [6.45, 7) is 3.18. The number of pyridine rings is 1. The van der Waals surface area contributed by atoms with Gasteiger partial charge in [0.15, 0.2) is 0 Å². The number of aromatic hydroxyl groups is 1. The third-order valence-electron chi connectivity index (χ3n) is 8.89. The van der Waals surface area contributed by atoms with E-state index in [2.05, 4.69) is 15.6 Å². The summed E-state index contributed by atoms with van der Waals surface area (Å²) in [6.07, 6.45) is 0.728. The van der Waals surface area contributed by atoms with Crippen molar-refractivity contribution in [1.82, 2.24) is 20.1 Å². The number of carbonyl (C=O) groups excluding carboxylic acids is 4. The molecule has 48 heavy (non-hydrogen) atoms. The number of phenols is 1. The van der Waals surface area contributed by atoms with Gasteiger partial charge in [0.1, 0.15) is 35.3 Å². The van der Waals surface area contributed by atoms with E-state index in [-0.39, 0.29) is 29.7 Å². The normalized spacial score (nSPS) is 23.1. The number of hydrogen-bond acceptors (Lipinski definition) is 9. The first kappa shape index (κ1) is 32.8. The van der Waals surface area contributed by atoms with Crippen LogP contribution in [0.1, 0.15) is 43.9 Å². The Kier molecular flexibility index (Phi) is 8.51. The van der Waals surface area contributed by atoms with E-state index in [1.54, 1.807) is 50.2 Å². The molecule has 0 aliphatic carbocycles. The van der Waals surface area contributed by atoms with Crippen LogP contribution in [0.2, 0.25) is 0 Å². The van der Waals surface area contributed by atoms with E-state index in [0.29, 0.717) is 35.3 Å². The smallest absolute Gasteiger partial charge is 0.327 e. The molecule has 4 amide bonds. The first-order chi connectivity index (χ1) is 22.7. The zero-order chi connectivity index (χ0) is 34.5. The number of rotatable bonds is 9. The summed E-state index contributed by atoms with van der Waals surface area (Å²) < 4.78 is -0.835. The molecule has 7 N–H and O–H groups in total. The zero-order valence-corrected chi connectivity index (χ0v) is 26.8. The number of hydrogen-bond donors (Lipinski definition) is 6. The van der Waals surface area contributed by atoms with E-state index < -0.39 is 57.6 Å². The number of nitrogens with two attached hydrogens (primary N) is 1. The number of carboxylic acid groups (broad SMARTS) is 1. The molecule has 3 aromatic rings. The summed E-state index contributed by atoms with van der Waals surface area (Å²) in [5.41, 5.74) is 8.03. The Morgan fingerprint density at radius 2 is 1.75 bits per heavy atom. The molecule has 250 valence electrons. The van der Waals surface area contributed by atoms with Crippen LogP contribution in [-0.2, 0) is 30.5 Å². The predicted molar refractivity (Wildman–Crippen MR) is 175 cm³/mol. The van der Waals surface area contributed by atoms with Crippen LogP contribution in [0.3, 0.4) is 0 Å². The lowest BCUT2D eigenvalue weighted by molar-refractivity contribution is -0.169. The summed E-state index contributed by atoms with van der Waals surface area (Å²) in [4.78, 5) is 82.2. The molecule has 1 unspecified atom stereocenters. The van der Waals surface area contributed by atoms with Gasteiger partial charge in [-0.1, -0.05) is 24.3 Å². The number of fused-ring (bicyclic) bond motifs is 1. The number of nitrogens with zero attached hydrogens (tertiary/aromatic N) is 2. The van der Waals surface area contributed by atoms with Gasteiger partial charge in [-0.3, -0.25) is 24.0 Å². The molecule has 0 bridgehead atoms. The number of carbonyl (C=O) groups is 5. The van der Waals surface area contributed by atoms with Crippen molar-refractivity contribution in [3.05, 3.63) is 82.1 Å². The molecule has 3 aliphatic rings. The predicted octanol–water partition coefficient (Wildman–Crippen LogP) is 1.51. The Hall–Kier alpha value is -5.15. The molecule has 3 saturated heterocycles. The summed E-state index contributed by atoms with van der Waals surface area (Å²) in [5, 5.41) is 24.3. The quantitative estimate of drug-likeness (QED) is 0.180. The number of thioether (sulfide) groups is 1. The monoisotopic (exact) mass is 674 g/mol. The molecule has 4 heterocycles. The maximum atomic E-state index is 14.0. The lowest BCUT2D eigenvalue weighted by Crippen LogP contribution is -2.71. The summed E-state index contributed by atoms with van der Waals surface area (Å²) in [6, 6.07) is 11.7. The molecule has 3 aliphatic heterocycles. The number of aromatic amines is 1. The van der Waals surface area contributed by atoms with Gasteiger partial charge >= 0.3 is 5.97 Å². The van der Waals surface area contributed by atoms with Gasteiger partial charge in [-0.05, 0) is 67.8 Å². The van der Waals surface area contributed by atoms with Crippen molar-refractivity contribution in [3.63, 3.8) is 0 Å². The topological polar surface area (TPSA) is 215 Å². The second kappa shape index (κ2) is 12.5. The molecule has 14 nitrogen and oxygen atoms in total. The highest BCUT2D eigenvalue weighted by molar-refractivity contribution is 8.01. The van der Waals surface area contributed by atoms with Crippen LogP contribution in [0.15, 0.2) is 65.5 Å². The van der Waals surface area contributed by atoms with Crippen molar-refractivity contribution in [2.45, 2.75) is 67.5 Å². The fourth-order valence-corrected chi connectivity index (χ4v) is 8.05. The summed E-state index contributed by atoms with van der Waals surface area (Å²) in [5.74, 6) is -2.84. The number of carboxylic acids is 1. The van der Waals surface area contributed by atoms with Crippen molar-refractivity contribution in [2.24, 2.45) is 5.73 Å². The van der Waals surface area contributed by atoms with Gasteiger partial charge in [0.05, 0.1) is 6.54 Å². The van der Waals surface area contributed by atoms with Crippen LogP contribution in [0.4, 0.5) is 5.69 Å². The summed E-state index contributed by atoms with van der Waals surface area (Å²) >= 11 is 1.27. The third kappa shape index (κ3) is 6.02. The Morgan fingerprint density at radius 1 is 1.06 bits per heavy atom. The summed E-state index contributed by atoms with van der Waals surface area (Å²) in [7, 11) is 0. The van der Waals surface area contributed by atoms with Gasteiger partial charge in [0.25, 0.3) is 5.56 Å². The number of nitrogens with one attached hydrogen (secondary N) is 3. The maximum Gasteiger partial charge on any atom is 0.327 e. The molecule has 6 rings (SSSR count). The minimum atomic E-state index is -1.23. The van der Waals surface area contributed by atoms with Crippen LogP contribution >= 0.6 is 11.8 Å². The Bertz CT molecular complexity index is 1860. The largest absolute Gasteiger partial charge is 0.508 e. The first-order valence-electron chi connectivity index (χ1n) is 15.3. The van der Waals surface area contributed by atoms with Gasteiger partial charge in [-0.25, -0.2) is 4.79 Å². The number of aromatic nitrogens is 1. The number of aliphatic carboxylic acids is 1. The highest BCUT2D eigenvalue weighted by Gasteiger charge is 2.66. The third-order valence-corrected chi connectivity index (χ3v) is 10.4. The standard InChI is InChI=1S/C33H34N6O8S/c1-33(2)26(32(46)47)39-30(45)25(31(39)48-33)38(29(44)24(34)17-5-10-20(40)11-6-17)15-18-7-12-21(37-27(18)42)16-3-8-19(9-4-16)35-28(43)22-13-14-23(41)36-22/h3-12,22,24-26,31,40H,13-15,34H2,1-2H3,(H,35,43)(H,36,41)(H,37,42)(H,46,47)/t22-,24?,25+,26-,31+/m0/s1. The molecule has 0 radical (unpaired) electrons. The van der Waals surface area contributed by atoms with Crippen molar-refractivity contribution in [2.75, 3.05) is 5.32 Å². The van der Waals surface area contributed by atoms with E-state index in [1.807, 2.05) is 0 Å². The van der Waals surface area contributed by atoms with Crippen molar-refractivity contribution in [1.29, 1.82) is 0 Å². The van der Waals surface area contributed by atoms with Gasteiger partial charge in [0.2, 0.25) is 23.6 Å². The van der Waals surface area contributed by atoms with Crippen LogP contribution in [0.25, 0.3) is 11.3 Å². The van der Waals surface area contributed by atoms with Crippen LogP contribution in [0, 0.1) is 0 Å². The van der Waals surface area contributed by atoms with Crippen molar-refractivity contribution in [3.8, 4) is 17.0 Å². The number of anilines is 1. The van der Waals surface area contributed by atoms with Crippen molar-refractivity contribution >= 4 is 47.0 Å². The SMILES string of the molecule is CC1(C)S[C@@H]2[C@H](N(Cc3ccc(-c4ccc(NC(=O)[C@@H]5CCC(=O)N5)cc4)[nH]c3=O)C(=O)C(N)c3ccc(O)cc3)C(=O)N2[C@H]1C(=O)O.